The Balaban J connectivity index is 2.23. The standard InChI is InChI=1S/C13H17N3O4/c14-12(16-20)13(5-1-2-6-13)15-11(19)8-3-4-9(17)10(18)7-8/h3-4,7,17-18,20H,1-2,5-6H2,(H2,14,16)(H,15,19). The van der Waals surface area contributed by atoms with Gasteiger partial charge in [-0.1, -0.05) is 18.0 Å². The molecule has 1 aliphatic carbocycles. The van der Waals surface area contributed by atoms with E-state index in [-0.39, 0.29) is 22.9 Å². The Labute approximate surface area is 115 Å². The number of oxime groups is 1. The topological polar surface area (TPSA) is 128 Å². The Kier molecular flexibility index (Phi) is 3.69. The fraction of sp³-hybridized carbons (Fsp3) is 0.385. The van der Waals surface area contributed by atoms with Gasteiger partial charge in [0.15, 0.2) is 17.3 Å². The summed E-state index contributed by atoms with van der Waals surface area (Å²) in [5, 5.41) is 33.3. The molecule has 0 spiro atoms. The van der Waals surface area contributed by atoms with E-state index in [0.717, 1.165) is 12.8 Å². The van der Waals surface area contributed by atoms with Crippen LogP contribution in [0.25, 0.3) is 0 Å². The van der Waals surface area contributed by atoms with E-state index < -0.39 is 11.4 Å². The van der Waals surface area contributed by atoms with E-state index in [1.54, 1.807) is 0 Å². The van der Waals surface area contributed by atoms with Gasteiger partial charge >= 0.3 is 0 Å². The lowest BCUT2D eigenvalue weighted by molar-refractivity contribution is 0.0922. The first-order valence-electron chi connectivity index (χ1n) is 6.31. The Morgan fingerprint density at radius 2 is 1.90 bits per heavy atom. The summed E-state index contributed by atoms with van der Waals surface area (Å²) in [7, 11) is 0. The molecule has 0 aliphatic heterocycles. The number of carbonyl (C=O) groups is 1. The summed E-state index contributed by atoms with van der Waals surface area (Å²) in [6.45, 7) is 0. The van der Waals surface area contributed by atoms with Crippen molar-refractivity contribution in [2.24, 2.45) is 10.9 Å². The van der Waals surface area contributed by atoms with Crippen LogP contribution in [0, 0.1) is 0 Å². The summed E-state index contributed by atoms with van der Waals surface area (Å²) < 4.78 is 0. The highest BCUT2D eigenvalue weighted by atomic mass is 16.4. The highest BCUT2D eigenvalue weighted by Gasteiger charge is 2.40. The summed E-state index contributed by atoms with van der Waals surface area (Å²) in [4.78, 5) is 12.2. The second-order valence-electron chi connectivity index (χ2n) is 4.93. The van der Waals surface area contributed by atoms with Crippen molar-refractivity contribution in [2.75, 3.05) is 0 Å². The average Bonchev–Trinajstić information content (AvgIpc) is 2.90. The Morgan fingerprint density at radius 3 is 2.45 bits per heavy atom. The number of nitrogens with one attached hydrogen (secondary N) is 1. The van der Waals surface area contributed by atoms with E-state index in [0.29, 0.717) is 12.8 Å². The van der Waals surface area contributed by atoms with E-state index in [1.807, 2.05) is 0 Å². The highest BCUT2D eigenvalue weighted by molar-refractivity contribution is 6.00. The zero-order chi connectivity index (χ0) is 14.8. The second-order valence-corrected chi connectivity index (χ2v) is 4.93. The number of phenols is 2. The summed E-state index contributed by atoms with van der Waals surface area (Å²) in [5.74, 6) is -1.14. The molecule has 0 aromatic heterocycles. The molecule has 1 saturated carbocycles. The van der Waals surface area contributed by atoms with Crippen molar-refractivity contribution in [2.45, 2.75) is 31.2 Å². The number of hydrogen-bond acceptors (Lipinski definition) is 5. The predicted octanol–water partition coefficient (Wildman–Crippen LogP) is 0.887. The number of hydrogen-bond donors (Lipinski definition) is 5. The van der Waals surface area contributed by atoms with E-state index in [2.05, 4.69) is 10.5 Å². The molecule has 1 fully saturated rings. The lowest BCUT2D eigenvalue weighted by atomic mass is 9.95. The van der Waals surface area contributed by atoms with E-state index >= 15 is 0 Å². The molecule has 6 N–H and O–H groups in total. The van der Waals surface area contributed by atoms with Crippen molar-refractivity contribution in [3.8, 4) is 11.5 Å². The molecular weight excluding hydrogens is 262 g/mol. The third-order valence-electron chi connectivity index (χ3n) is 3.65. The molecule has 2 rings (SSSR count). The van der Waals surface area contributed by atoms with Crippen LogP contribution in [-0.4, -0.2) is 32.7 Å². The Hall–Kier alpha value is -2.44. The number of nitrogens with two attached hydrogens (primary N) is 1. The number of benzene rings is 1. The molecule has 0 saturated heterocycles. The van der Waals surface area contributed by atoms with Gasteiger partial charge in [0.05, 0.1) is 0 Å². The van der Waals surface area contributed by atoms with Gasteiger partial charge in [0.1, 0.15) is 5.54 Å². The van der Waals surface area contributed by atoms with Gasteiger partial charge in [0.2, 0.25) is 0 Å². The Bertz CT molecular complexity index is 551. The molecule has 1 aliphatic rings. The smallest absolute Gasteiger partial charge is 0.252 e. The molecule has 20 heavy (non-hydrogen) atoms. The van der Waals surface area contributed by atoms with Crippen LogP contribution in [0.2, 0.25) is 0 Å². The minimum Gasteiger partial charge on any atom is -0.504 e. The molecule has 0 bridgehead atoms. The van der Waals surface area contributed by atoms with E-state index in [1.165, 1.54) is 18.2 Å². The first-order chi connectivity index (χ1) is 9.48. The molecule has 0 radical (unpaired) electrons. The van der Waals surface area contributed by atoms with Crippen LogP contribution in [0.1, 0.15) is 36.0 Å². The molecule has 0 atom stereocenters. The minimum atomic E-state index is -0.848. The first kappa shape index (κ1) is 14.0. The second kappa shape index (κ2) is 5.28. The summed E-state index contributed by atoms with van der Waals surface area (Å²) in [6.07, 6.45) is 2.94. The first-order valence-corrected chi connectivity index (χ1v) is 6.31. The van der Waals surface area contributed by atoms with Gasteiger partial charge in [-0.25, -0.2) is 0 Å². The SMILES string of the molecule is N/C(=N/O)C1(NC(=O)c2ccc(O)c(O)c2)CCCC1. The van der Waals surface area contributed by atoms with E-state index in [4.69, 9.17) is 10.9 Å². The van der Waals surface area contributed by atoms with Crippen molar-refractivity contribution >= 4 is 11.7 Å². The van der Waals surface area contributed by atoms with Crippen LogP contribution in [0.3, 0.4) is 0 Å². The molecule has 1 aromatic carbocycles. The van der Waals surface area contributed by atoms with Gasteiger partial charge in [-0.2, -0.15) is 0 Å². The lowest BCUT2D eigenvalue weighted by Crippen LogP contribution is -2.55. The van der Waals surface area contributed by atoms with Crippen LogP contribution in [0.5, 0.6) is 11.5 Å². The average molecular weight is 279 g/mol. The molecule has 1 aromatic rings. The molecular formula is C13H17N3O4. The largest absolute Gasteiger partial charge is 0.504 e. The maximum Gasteiger partial charge on any atom is 0.252 e. The number of aromatic hydroxyl groups is 2. The predicted molar refractivity (Wildman–Crippen MR) is 71.8 cm³/mol. The molecule has 1 amide bonds. The number of phenolic OH excluding ortho intramolecular Hbond substituents is 2. The van der Waals surface area contributed by atoms with Gasteiger partial charge < -0.3 is 26.5 Å². The molecule has 0 unspecified atom stereocenters. The molecule has 108 valence electrons. The fourth-order valence-corrected chi connectivity index (χ4v) is 2.47. The zero-order valence-corrected chi connectivity index (χ0v) is 10.8. The van der Waals surface area contributed by atoms with Crippen molar-refractivity contribution in [3.05, 3.63) is 23.8 Å². The van der Waals surface area contributed by atoms with Crippen LogP contribution in [0.4, 0.5) is 0 Å². The molecule has 7 nitrogen and oxygen atoms in total. The number of rotatable bonds is 3. The van der Waals surface area contributed by atoms with Crippen LogP contribution < -0.4 is 11.1 Å². The number of amides is 1. The van der Waals surface area contributed by atoms with Gasteiger partial charge in [0, 0.05) is 5.56 Å². The van der Waals surface area contributed by atoms with Crippen molar-refractivity contribution in [1.29, 1.82) is 0 Å². The lowest BCUT2D eigenvalue weighted by Gasteiger charge is -2.28. The number of nitrogens with zero attached hydrogens (tertiary/aromatic N) is 1. The number of carbonyl (C=O) groups excluding carboxylic acids is 1. The molecule has 7 heteroatoms. The molecule has 0 heterocycles. The maximum absolute atomic E-state index is 12.2. The quantitative estimate of drug-likeness (QED) is 0.184. The normalized spacial score (nSPS) is 17.9. The van der Waals surface area contributed by atoms with Crippen LogP contribution in [0.15, 0.2) is 23.4 Å². The van der Waals surface area contributed by atoms with E-state index in [9.17, 15) is 15.0 Å². The minimum absolute atomic E-state index is 0.0219. The highest BCUT2D eigenvalue weighted by Crippen LogP contribution is 2.31. The van der Waals surface area contributed by atoms with Crippen molar-refractivity contribution in [3.63, 3.8) is 0 Å². The van der Waals surface area contributed by atoms with Gasteiger partial charge in [0.25, 0.3) is 5.91 Å². The van der Waals surface area contributed by atoms with Crippen molar-refractivity contribution in [1.82, 2.24) is 5.32 Å². The van der Waals surface area contributed by atoms with Crippen LogP contribution >= 0.6 is 0 Å². The third kappa shape index (κ3) is 2.47. The van der Waals surface area contributed by atoms with Crippen LogP contribution in [-0.2, 0) is 0 Å². The van der Waals surface area contributed by atoms with Gasteiger partial charge in [-0.05, 0) is 31.0 Å². The Morgan fingerprint density at radius 1 is 1.25 bits per heavy atom. The monoisotopic (exact) mass is 279 g/mol. The number of amidine groups is 1. The maximum atomic E-state index is 12.2. The zero-order valence-electron chi connectivity index (χ0n) is 10.8. The third-order valence-corrected chi connectivity index (χ3v) is 3.65. The van der Waals surface area contributed by atoms with Gasteiger partial charge in [-0.15, -0.1) is 0 Å². The summed E-state index contributed by atoms with van der Waals surface area (Å²) in [5.41, 5.74) is 5.03. The summed E-state index contributed by atoms with van der Waals surface area (Å²) in [6, 6.07) is 3.79. The van der Waals surface area contributed by atoms with Gasteiger partial charge in [-0.3, -0.25) is 4.79 Å². The summed E-state index contributed by atoms with van der Waals surface area (Å²) >= 11 is 0. The van der Waals surface area contributed by atoms with Crippen molar-refractivity contribution < 1.29 is 20.2 Å². The fourth-order valence-electron chi connectivity index (χ4n) is 2.47.